The molecule has 0 aliphatic carbocycles. The van der Waals surface area contributed by atoms with Crippen LogP contribution >= 0.6 is 0 Å². The molecule has 0 radical (unpaired) electrons. The van der Waals surface area contributed by atoms with Gasteiger partial charge in [-0.25, -0.2) is 4.98 Å². The first-order valence-corrected chi connectivity index (χ1v) is 24.2. The van der Waals surface area contributed by atoms with Gasteiger partial charge in [-0.15, -0.1) is 83.9 Å². The molecular formula is C65H48FIrN6O. The molecule has 0 unspecified atom stereocenters. The smallest absolute Gasteiger partial charge is 0.486 e. The molecule has 5 aromatic heterocycles. The van der Waals surface area contributed by atoms with Gasteiger partial charge in [0.15, 0.2) is 0 Å². The number of benzene rings is 7. The Bertz CT molecular complexity index is 3790. The summed E-state index contributed by atoms with van der Waals surface area (Å²) in [6.45, 7) is 9.03. The summed E-state index contributed by atoms with van der Waals surface area (Å²) in [7, 11) is 0. The summed E-state index contributed by atoms with van der Waals surface area (Å²) in [5, 5.41) is 11.2. The maximum Gasteiger partial charge on any atom is 3.00 e. The molecule has 7 nitrogen and oxygen atoms in total. The summed E-state index contributed by atoms with van der Waals surface area (Å²) in [6.07, 6.45) is 3.49. The van der Waals surface area contributed by atoms with Crippen LogP contribution in [0.2, 0.25) is 0 Å². The van der Waals surface area contributed by atoms with Gasteiger partial charge in [-0.05, 0) is 105 Å². The summed E-state index contributed by atoms with van der Waals surface area (Å²) in [5.41, 5.74) is 16.1. The summed E-state index contributed by atoms with van der Waals surface area (Å²) >= 11 is 0. The predicted molar refractivity (Wildman–Crippen MR) is 291 cm³/mol. The van der Waals surface area contributed by atoms with E-state index < -0.39 is 0 Å². The van der Waals surface area contributed by atoms with Gasteiger partial charge in [-0.3, -0.25) is 9.37 Å². The van der Waals surface area contributed by atoms with Crippen LogP contribution in [0.4, 0.5) is 4.39 Å². The maximum atomic E-state index is 12.6. The average Bonchev–Trinajstić information content (AvgIpc) is 4.02. The van der Waals surface area contributed by atoms with E-state index in [2.05, 4.69) is 150 Å². The molecule has 0 spiro atoms. The van der Waals surface area contributed by atoms with E-state index in [1.54, 1.807) is 24.5 Å². The minimum atomic E-state index is -0.278. The van der Waals surface area contributed by atoms with E-state index in [1.165, 1.54) is 45.5 Å². The van der Waals surface area contributed by atoms with E-state index >= 15 is 0 Å². The van der Waals surface area contributed by atoms with Crippen molar-refractivity contribution in [3.63, 3.8) is 0 Å². The number of nitriles is 1. The molecule has 0 fully saturated rings. The number of rotatable bonds is 8. The Balaban J connectivity index is 0.000000209. The molecule has 74 heavy (non-hydrogen) atoms. The third-order valence-electron chi connectivity index (χ3n) is 12.5. The first-order chi connectivity index (χ1) is 35.7. The molecule has 0 aliphatic heterocycles. The molecule has 0 bridgehead atoms. The molecule has 0 N–H and O–H groups in total. The number of hydrogen-bond donors (Lipinski definition) is 0. The van der Waals surface area contributed by atoms with E-state index in [-0.39, 0.29) is 37.8 Å². The largest absolute Gasteiger partial charge is 3.00 e. The van der Waals surface area contributed by atoms with Gasteiger partial charge in [0, 0.05) is 29.3 Å². The van der Waals surface area contributed by atoms with Crippen molar-refractivity contribution in [1.82, 2.24) is 24.5 Å². The third-order valence-corrected chi connectivity index (χ3v) is 12.5. The average molecular weight is 1140 g/mol. The Morgan fingerprint density at radius 1 is 0.568 bits per heavy atom. The molecule has 0 saturated heterocycles. The van der Waals surface area contributed by atoms with Crippen LogP contribution in [0.3, 0.4) is 0 Å². The third kappa shape index (κ3) is 10.7. The van der Waals surface area contributed by atoms with Crippen LogP contribution in [-0.2, 0) is 20.1 Å². The molecule has 12 aromatic rings. The number of para-hydroxylation sites is 2. The normalized spacial score (nSPS) is 10.9. The van der Waals surface area contributed by atoms with Crippen molar-refractivity contribution in [2.75, 3.05) is 0 Å². The van der Waals surface area contributed by atoms with Crippen molar-refractivity contribution in [3.05, 3.63) is 247 Å². The topological polar surface area (TPSA) is 93.4 Å². The van der Waals surface area contributed by atoms with Crippen LogP contribution in [0.25, 0.3) is 94.9 Å². The van der Waals surface area contributed by atoms with Crippen LogP contribution < -0.4 is 0 Å². The van der Waals surface area contributed by atoms with Crippen LogP contribution in [0.1, 0.15) is 56.4 Å². The zero-order chi connectivity index (χ0) is 50.3. The number of imidazole rings is 1. The van der Waals surface area contributed by atoms with E-state index in [9.17, 15) is 9.65 Å². The summed E-state index contributed by atoms with van der Waals surface area (Å²) < 4.78 is 21.2. The van der Waals surface area contributed by atoms with Gasteiger partial charge in [0.2, 0.25) is 5.71 Å². The van der Waals surface area contributed by atoms with Gasteiger partial charge in [0.25, 0.3) is 0 Å². The van der Waals surface area contributed by atoms with Crippen LogP contribution in [-0.4, -0.2) is 24.5 Å². The van der Waals surface area contributed by atoms with Gasteiger partial charge >= 0.3 is 20.1 Å². The molecule has 0 saturated carbocycles. The van der Waals surface area contributed by atoms with E-state index in [0.29, 0.717) is 17.0 Å². The Hall–Kier alpha value is -8.67. The fraction of sp³-hybridized carbons (Fsp3) is 0.0923. The minimum Gasteiger partial charge on any atom is -0.486 e. The van der Waals surface area contributed by atoms with Gasteiger partial charge < -0.3 is 19.0 Å². The van der Waals surface area contributed by atoms with E-state index in [0.717, 1.165) is 61.4 Å². The van der Waals surface area contributed by atoms with Gasteiger partial charge in [-0.1, -0.05) is 130 Å². The number of pyridine rings is 3. The zero-order valence-electron chi connectivity index (χ0n) is 41.1. The van der Waals surface area contributed by atoms with Crippen molar-refractivity contribution in [2.45, 2.75) is 39.5 Å². The molecular weight excluding hydrogens is 1090 g/mol. The summed E-state index contributed by atoms with van der Waals surface area (Å²) in [6, 6.07) is 75.1. The first kappa shape index (κ1) is 50.3. The molecule has 0 aliphatic rings. The molecule has 7 aromatic carbocycles. The van der Waals surface area contributed by atoms with E-state index in [1.807, 2.05) is 91.0 Å². The number of halogens is 1. The zero-order valence-corrected chi connectivity index (χ0v) is 43.5. The van der Waals surface area contributed by atoms with Crippen molar-refractivity contribution < 1.29 is 28.9 Å². The summed E-state index contributed by atoms with van der Waals surface area (Å²) in [5.74, 6) is 0.939. The molecule has 360 valence electrons. The van der Waals surface area contributed by atoms with Crippen molar-refractivity contribution in [2.24, 2.45) is 0 Å². The first-order valence-electron chi connectivity index (χ1n) is 24.2. The fourth-order valence-electron chi connectivity index (χ4n) is 8.90. The van der Waals surface area contributed by atoms with Crippen molar-refractivity contribution in [1.29, 1.82) is 5.26 Å². The van der Waals surface area contributed by atoms with Crippen LogP contribution in [0.5, 0.6) is 0 Å². The number of aromatic nitrogens is 5. The number of furan rings is 1. The second kappa shape index (κ2) is 22.8. The Labute approximate surface area is 444 Å². The maximum absolute atomic E-state index is 12.6. The Morgan fingerprint density at radius 2 is 1.19 bits per heavy atom. The second-order valence-electron chi connectivity index (χ2n) is 18.0. The van der Waals surface area contributed by atoms with Crippen molar-refractivity contribution >= 4 is 33.1 Å². The summed E-state index contributed by atoms with van der Waals surface area (Å²) in [4.78, 5) is 18.0. The second-order valence-corrected chi connectivity index (χ2v) is 18.0. The van der Waals surface area contributed by atoms with Crippen LogP contribution in [0, 0.1) is 35.3 Å². The number of hydrogen-bond acceptors (Lipinski definition) is 6. The van der Waals surface area contributed by atoms with Crippen LogP contribution in [0.15, 0.2) is 211 Å². The monoisotopic (exact) mass is 1140 g/mol. The SMILES string of the molecule is CC(C)c1cc(-c2ccc(-c3ccccc3)cc2)cc(C(C)C)c1-n1c(-c2[c-]ccc3c2oc2nc(C#N)ccc23)nc2ccccc21.Fc1c[c-]c(-c2ccccn2)cc1.[Ir+3].[c-]1ccccc1-c1ccccn1. The Morgan fingerprint density at radius 3 is 1.80 bits per heavy atom. The van der Waals surface area contributed by atoms with Gasteiger partial charge in [0.1, 0.15) is 11.8 Å². The van der Waals surface area contributed by atoms with Gasteiger partial charge in [-0.2, -0.15) is 5.26 Å². The molecule has 5 heterocycles. The Kier molecular flexibility index (Phi) is 15.5. The molecule has 0 atom stereocenters. The van der Waals surface area contributed by atoms with Gasteiger partial charge in [0.05, 0.1) is 22.4 Å². The minimum absolute atomic E-state index is 0. The number of nitrogens with zero attached hydrogens (tertiary/aromatic N) is 6. The molecule has 12 rings (SSSR count). The van der Waals surface area contributed by atoms with Crippen molar-refractivity contribution in [3.8, 4) is 67.9 Å². The van der Waals surface area contributed by atoms with E-state index in [4.69, 9.17) is 9.40 Å². The standard InChI is InChI=1S/C43H33N4O.C11H7FN.C11H8N.Ir/c1-26(2)36-23-31(30-19-17-29(18-20-30)28-11-6-5-7-12-28)24-37(27(3)4)40(36)47-39-16-9-8-15-38(39)46-42(47)35-14-10-13-33-34-22-21-32(25-44)45-43(34)48-41(33)35;12-10-6-4-9(5-7-10)11-3-1-2-8-13-11;1-2-6-10(7-3-1)11-8-4-5-9-12-11;/h5-13,15-24,26-27H,1-4H3;1-4,6-8H;1-6,8-9H;/q3*-1;+3. The molecule has 9 heteroatoms. The quantitative estimate of drug-likeness (QED) is 0.141. The number of fused-ring (bicyclic) bond motifs is 4. The molecule has 0 amide bonds. The predicted octanol–water partition coefficient (Wildman–Crippen LogP) is 16.5. The fourth-order valence-corrected chi connectivity index (χ4v) is 8.90.